The molecule has 0 unspecified atom stereocenters. The summed E-state index contributed by atoms with van der Waals surface area (Å²) in [6, 6.07) is 0. The van der Waals surface area contributed by atoms with E-state index >= 15 is 0 Å². The smallest absolute Gasteiger partial charge is 0.331 e. The maximum absolute atomic E-state index is 10.0. The Morgan fingerprint density at radius 3 is 1.56 bits per heavy atom. The van der Waals surface area contributed by atoms with Gasteiger partial charge in [0, 0.05) is 0 Å². The summed E-state index contributed by atoms with van der Waals surface area (Å²) in [6.45, 7) is 0.797. The molecule has 2 N–H and O–H groups in total. The molecule has 0 bridgehead atoms. The van der Waals surface area contributed by atoms with Crippen molar-refractivity contribution >= 4 is 11.9 Å². The lowest BCUT2D eigenvalue weighted by Crippen LogP contribution is -1.95. The highest BCUT2D eigenvalue weighted by Crippen LogP contribution is 1.92. The molecule has 0 aromatic carbocycles. The van der Waals surface area contributed by atoms with Crippen LogP contribution in [0.2, 0.25) is 0 Å². The Hall–Kier alpha value is -1.98. The highest BCUT2D eigenvalue weighted by Gasteiger charge is 1.89. The number of carboxylic acids is 2. The molecule has 0 saturated carbocycles. The minimum atomic E-state index is -1.05. The second-order valence-electron chi connectivity index (χ2n) is 2.73. The second kappa shape index (κ2) is 9.57. The molecule has 0 amide bonds. The summed E-state index contributed by atoms with van der Waals surface area (Å²) in [5.74, 6) is -2.11. The summed E-state index contributed by atoms with van der Waals surface area (Å²) in [7, 11) is 0. The maximum Gasteiger partial charge on any atom is 0.331 e. The van der Waals surface area contributed by atoms with Crippen LogP contribution in [0.1, 0.15) is 12.8 Å². The average Bonchev–Trinajstić information content (AvgIpc) is 2.20. The number of hydrogen-bond acceptors (Lipinski definition) is 4. The van der Waals surface area contributed by atoms with Crippen LogP contribution in [-0.4, -0.2) is 35.4 Å². The predicted molar refractivity (Wildman–Crippen MR) is 54.7 cm³/mol. The summed E-state index contributed by atoms with van der Waals surface area (Å²) in [6.07, 6.45) is 5.45. The van der Waals surface area contributed by atoms with Crippen molar-refractivity contribution in [2.24, 2.45) is 0 Å². The first-order chi connectivity index (χ1) is 7.63. The fourth-order valence-corrected chi connectivity index (χ4v) is 0.720. The molecule has 0 aliphatic carbocycles. The van der Waals surface area contributed by atoms with Crippen molar-refractivity contribution in [1.29, 1.82) is 0 Å². The van der Waals surface area contributed by atoms with Crippen LogP contribution in [0.5, 0.6) is 0 Å². The van der Waals surface area contributed by atoms with Crippen molar-refractivity contribution in [2.75, 3.05) is 13.2 Å². The van der Waals surface area contributed by atoms with Crippen molar-refractivity contribution in [3.05, 3.63) is 24.7 Å². The SMILES string of the molecule is O=C(O)C=COCCCCOC=CC(=O)O. The van der Waals surface area contributed by atoms with Crippen LogP contribution >= 0.6 is 0 Å². The zero-order chi connectivity index (χ0) is 12.2. The van der Waals surface area contributed by atoms with Gasteiger partial charge >= 0.3 is 11.9 Å². The standard InChI is InChI=1S/C10H14O6/c11-9(12)3-7-15-5-1-2-6-16-8-4-10(13)14/h3-4,7-8H,1-2,5-6H2,(H,11,12)(H,13,14). The molecule has 0 aromatic heterocycles. The number of rotatable bonds is 9. The Morgan fingerprint density at radius 1 is 0.875 bits per heavy atom. The third kappa shape index (κ3) is 12.0. The van der Waals surface area contributed by atoms with Crippen molar-refractivity contribution in [2.45, 2.75) is 12.8 Å². The van der Waals surface area contributed by atoms with E-state index in [0.717, 1.165) is 24.7 Å². The zero-order valence-electron chi connectivity index (χ0n) is 8.67. The van der Waals surface area contributed by atoms with Gasteiger partial charge in [0.05, 0.1) is 37.9 Å². The van der Waals surface area contributed by atoms with Crippen LogP contribution in [-0.2, 0) is 19.1 Å². The highest BCUT2D eigenvalue weighted by molar-refractivity contribution is 5.79. The third-order valence-electron chi connectivity index (χ3n) is 1.39. The monoisotopic (exact) mass is 230 g/mol. The Kier molecular flexibility index (Phi) is 8.39. The van der Waals surface area contributed by atoms with Crippen LogP contribution in [0.4, 0.5) is 0 Å². The Labute approximate surface area is 92.8 Å². The van der Waals surface area contributed by atoms with E-state index in [1.807, 2.05) is 0 Å². The van der Waals surface area contributed by atoms with Crippen LogP contribution in [0.25, 0.3) is 0 Å². The Morgan fingerprint density at radius 2 is 1.25 bits per heavy atom. The van der Waals surface area contributed by atoms with E-state index in [0.29, 0.717) is 26.1 Å². The summed E-state index contributed by atoms with van der Waals surface area (Å²) >= 11 is 0. The van der Waals surface area contributed by atoms with Crippen molar-refractivity contribution in [1.82, 2.24) is 0 Å². The second-order valence-corrected chi connectivity index (χ2v) is 2.73. The van der Waals surface area contributed by atoms with Gasteiger partial charge in [-0.3, -0.25) is 0 Å². The van der Waals surface area contributed by atoms with Crippen LogP contribution < -0.4 is 0 Å². The summed E-state index contributed by atoms with van der Waals surface area (Å²) < 4.78 is 9.72. The molecule has 0 atom stereocenters. The lowest BCUT2D eigenvalue weighted by molar-refractivity contribution is -0.132. The largest absolute Gasteiger partial charge is 0.501 e. The fourth-order valence-electron chi connectivity index (χ4n) is 0.720. The normalized spacial score (nSPS) is 10.8. The molecule has 0 aromatic rings. The van der Waals surface area contributed by atoms with E-state index < -0.39 is 11.9 Å². The van der Waals surface area contributed by atoms with Crippen LogP contribution in [0.3, 0.4) is 0 Å². The maximum atomic E-state index is 10.0. The zero-order valence-corrected chi connectivity index (χ0v) is 8.67. The summed E-state index contributed by atoms with van der Waals surface area (Å²) in [4.78, 5) is 20.0. The van der Waals surface area contributed by atoms with E-state index in [2.05, 4.69) is 0 Å². The molecule has 0 radical (unpaired) electrons. The molecule has 16 heavy (non-hydrogen) atoms. The van der Waals surface area contributed by atoms with Gasteiger partial charge in [-0.1, -0.05) is 0 Å². The molecule has 6 heteroatoms. The first-order valence-electron chi connectivity index (χ1n) is 4.65. The van der Waals surface area contributed by atoms with Crippen LogP contribution in [0, 0.1) is 0 Å². The van der Waals surface area contributed by atoms with E-state index in [-0.39, 0.29) is 0 Å². The van der Waals surface area contributed by atoms with Crippen LogP contribution in [0.15, 0.2) is 24.7 Å². The van der Waals surface area contributed by atoms with Crippen molar-refractivity contribution < 1.29 is 29.3 Å². The minimum absolute atomic E-state index is 0.399. The molecule has 0 aliphatic rings. The molecule has 90 valence electrons. The van der Waals surface area contributed by atoms with E-state index in [9.17, 15) is 9.59 Å². The van der Waals surface area contributed by atoms with E-state index in [1.54, 1.807) is 0 Å². The molecule has 0 spiro atoms. The summed E-state index contributed by atoms with van der Waals surface area (Å²) in [5, 5.41) is 16.4. The van der Waals surface area contributed by atoms with Gasteiger partial charge in [-0.05, 0) is 12.8 Å². The van der Waals surface area contributed by atoms with Gasteiger partial charge in [-0.25, -0.2) is 9.59 Å². The fraction of sp³-hybridized carbons (Fsp3) is 0.400. The van der Waals surface area contributed by atoms with Gasteiger partial charge in [-0.2, -0.15) is 0 Å². The van der Waals surface area contributed by atoms with Gasteiger partial charge in [0.1, 0.15) is 0 Å². The van der Waals surface area contributed by atoms with Gasteiger partial charge < -0.3 is 19.7 Å². The predicted octanol–water partition coefficient (Wildman–Crippen LogP) is 0.996. The molecule has 6 nitrogen and oxygen atoms in total. The Bertz CT molecular complexity index is 240. The van der Waals surface area contributed by atoms with E-state index in [4.69, 9.17) is 19.7 Å². The van der Waals surface area contributed by atoms with Crippen molar-refractivity contribution in [3.63, 3.8) is 0 Å². The molecule has 0 heterocycles. The minimum Gasteiger partial charge on any atom is -0.501 e. The number of carbonyl (C=O) groups is 2. The molecule has 0 fully saturated rings. The number of unbranched alkanes of at least 4 members (excludes halogenated alkanes) is 1. The van der Waals surface area contributed by atoms with Crippen molar-refractivity contribution in [3.8, 4) is 0 Å². The lowest BCUT2D eigenvalue weighted by Gasteiger charge is -2.00. The van der Waals surface area contributed by atoms with Gasteiger partial charge in [0.25, 0.3) is 0 Å². The number of carboxylic acid groups (broad SMARTS) is 2. The Balaban J connectivity index is 3.22. The topological polar surface area (TPSA) is 93.1 Å². The molecule has 0 rings (SSSR count). The number of hydrogen-bond donors (Lipinski definition) is 2. The number of ether oxygens (including phenoxy) is 2. The lowest BCUT2D eigenvalue weighted by atomic mass is 10.3. The van der Waals surface area contributed by atoms with E-state index in [1.165, 1.54) is 0 Å². The van der Waals surface area contributed by atoms with Gasteiger partial charge in [-0.15, -0.1) is 0 Å². The van der Waals surface area contributed by atoms with Gasteiger partial charge in [0.15, 0.2) is 0 Å². The van der Waals surface area contributed by atoms with Gasteiger partial charge in [0.2, 0.25) is 0 Å². The molecular formula is C10H14O6. The average molecular weight is 230 g/mol. The first-order valence-corrected chi connectivity index (χ1v) is 4.65. The summed E-state index contributed by atoms with van der Waals surface area (Å²) in [5.41, 5.74) is 0. The molecule has 0 aliphatic heterocycles. The first kappa shape index (κ1) is 14.0. The number of aliphatic carboxylic acids is 2. The quantitative estimate of drug-likeness (QED) is 0.348. The highest BCUT2D eigenvalue weighted by atomic mass is 16.5. The molecular weight excluding hydrogens is 216 g/mol. The third-order valence-corrected chi connectivity index (χ3v) is 1.39. The molecule has 0 saturated heterocycles.